The van der Waals surface area contributed by atoms with Crippen LogP contribution in [-0.4, -0.2) is 37.2 Å². The van der Waals surface area contributed by atoms with Gasteiger partial charge in [0.15, 0.2) is 6.10 Å². The molecule has 6 nitrogen and oxygen atoms in total. The van der Waals surface area contributed by atoms with Crippen LogP contribution in [-0.2, 0) is 28.6 Å². The normalized spacial score (nSPS) is 13.4. The topological polar surface area (TPSA) is 78.9 Å². The molecule has 0 aromatic rings. The van der Waals surface area contributed by atoms with E-state index in [1.54, 1.807) is 0 Å². The Morgan fingerprint density at radius 3 is 1.06 bits per heavy atom. The molecule has 0 N–H and O–H groups in total. The summed E-state index contributed by atoms with van der Waals surface area (Å²) in [6.07, 6.45) is 72.6. The van der Waals surface area contributed by atoms with E-state index in [-0.39, 0.29) is 37.5 Å². The largest absolute Gasteiger partial charge is 0.462 e. The van der Waals surface area contributed by atoms with Crippen molar-refractivity contribution in [1.29, 1.82) is 0 Å². The maximum absolute atomic E-state index is 12.8. The summed E-state index contributed by atoms with van der Waals surface area (Å²) >= 11 is 0. The molecule has 0 aliphatic carbocycles. The molecule has 0 bridgehead atoms. The van der Waals surface area contributed by atoms with Gasteiger partial charge in [-0.25, -0.2) is 0 Å². The van der Waals surface area contributed by atoms with Gasteiger partial charge in [-0.15, -0.1) is 0 Å². The molecular formula is C58H88O6. The van der Waals surface area contributed by atoms with Crippen LogP contribution in [0.2, 0.25) is 0 Å². The summed E-state index contributed by atoms with van der Waals surface area (Å²) < 4.78 is 16.7. The maximum Gasteiger partial charge on any atom is 0.306 e. The summed E-state index contributed by atoms with van der Waals surface area (Å²) in [5, 5.41) is 0. The Morgan fingerprint density at radius 2 is 0.641 bits per heavy atom. The van der Waals surface area contributed by atoms with E-state index in [9.17, 15) is 14.4 Å². The van der Waals surface area contributed by atoms with Crippen molar-refractivity contribution >= 4 is 17.9 Å². The van der Waals surface area contributed by atoms with Crippen molar-refractivity contribution in [2.75, 3.05) is 13.2 Å². The zero-order valence-corrected chi connectivity index (χ0v) is 40.5. The molecule has 0 radical (unpaired) electrons. The fourth-order valence-electron chi connectivity index (χ4n) is 6.02. The predicted molar refractivity (Wildman–Crippen MR) is 274 cm³/mol. The lowest BCUT2D eigenvalue weighted by Crippen LogP contribution is -2.30. The zero-order chi connectivity index (χ0) is 46.5. The number of hydrogen-bond acceptors (Lipinski definition) is 6. The smallest absolute Gasteiger partial charge is 0.306 e. The van der Waals surface area contributed by atoms with Crippen LogP contribution >= 0.6 is 0 Å². The molecule has 0 aromatic heterocycles. The molecule has 64 heavy (non-hydrogen) atoms. The SMILES string of the molecule is CC/C=C/C=C/C=C/C=C/CCCCCC(=O)OCC(COC(=O)CCCCC/C=C/C/C=C/C/C=C/C/C=C/C/C=C/CC)OC(=O)CCCCCC/C=C/C/C=C/C/C=C/CC. The Balaban J connectivity index is 4.56. The summed E-state index contributed by atoms with van der Waals surface area (Å²) in [5.74, 6) is -1.03. The number of carbonyl (C=O) groups excluding carboxylic acids is 3. The van der Waals surface area contributed by atoms with Gasteiger partial charge in [-0.1, -0.05) is 192 Å². The van der Waals surface area contributed by atoms with Gasteiger partial charge in [-0.05, 0) is 116 Å². The van der Waals surface area contributed by atoms with E-state index in [1.165, 1.54) is 0 Å². The predicted octanol–water partition coefficient (Wildman–Crippen LogP) is 16.5. The van der Waals surface area contributed by atoms with E-state index in [2.05, 4.69) is 130 Å². The first-order valence-electron chi connectivity index (χ1n) is 24.9. The molecule has 6 heteroatoms. The highest BCUT2D eigenvalue weighted by Gasteiger charge is 2.19. The molecule has 1 unspecified atom stereocenters. The average Bonchev–Trinajstić information content (AvgIpc) is 3.29. The minimum absolute atomic E-state index is 0.124. The third kappa shape index (κ3) is 48.3. The second-order valence-corrected chi connectivity index (χ2v) is 15.7. The van der Waals surface area contributed by atoms with Gasteiger partial charge < -0.3 is 14.2 Å². The number of hydrogen-bond donors (Lipinski definition) is 0. The lowest BCUT2D eigenvalue weighted by molar-refractivity contribution is -0.167. The lowest BCUT2D eigenvalue weighted by atomic mass is 10.1. The Morgan fingerprint density at radius 1 is 0.328 bits per heavy atom. The molecule has 356 valence electrons. The minimum atomic E-state index is -0.826. The molecule has 0 heterocycles. The third-order valence-corrected chi connectivity index (χ3v) is 9.66. The highest BCUT2D eigenvalue weighted by atomic mass is 16.6. The van der Waals surface area contributed by atoms with E-state index in [0.717, 1.165) is 141 Å². The van der Waals surface area contributed by atoms with E-state index in [4.69, 9.17) is 14.2 Å². The number of unbranched alkanes of at least 4 members (excludes halogenated alkanes) is 10. The molecular weight excluding hydrogens is 793 g/mol. The maximum atomic E-state index is 12.8. The number of allylic oxidation sites excluding steroid dienone is 24. The molecule has 0 spiro atoms. The van der Waals surface area contributed by atoms with Crippen molar-refractivity contribution in [3.8, 4) is 0 Å². The van der Waals surface area contributed by atoms with Crippen LogP contribution < -0.4 is 0 Å². The standard InChI is InChI=1S/C58H88O6/c1-4-7-10-13-16-19-22-25-27-28-29-30-31-34-36-39-42-45-48-51-57(60)63-54-55(53-62-56(59)50-47-44-41-38-35-32-24-21-18-15-12-9-6-3)64-58(61)52-49-46-43-40-37-33-26-23-20-17-14-11-8-5-2/h7-12,15-21,24-27,29-30,32-36,55H,4-6,13-14,22-23,28,31,37-54H2,1-3H3/b10-7+,11-8+,12-9+,18-15+,19-16+,20-17+,24-21+,27-25+,30-29+,33-26+,35-32+,36-34+. The second kappa shape index (κ2) is 50.9. The Bertz CT molecular complexity index is 1480. The molecule has 0 aliphatic rings. The van der Waals surface area contributed by atoms with Crippen LogP contribution in [0.15, 0.2) is 146 Å². The van der Waals surface area contributed by atoms with Crippen LogP contribution in [0, 0.1) is 0 Å². The third-order valence-electron chi connectivity index (χ3n) is 9.66. The van der Waals surface area contributed by atoms with Crippen LogP contribution in [0.3, 0.4) is 0 Å². The summed E-state index contributed by atoms with van der Waals surface area (Å²) in [4.78, 5) is 37.9. The van der Waals surface area contributed by atoms with Gasteiger partial charge in [0, 0.05) is 19.3 Å². The number of esters is 3. The van der Waals surface area contributed by atoms with Gasteiger partial charge in [-0.3, -0.25) is 14.4 Å². The fourth-order valence-corrected chi connectivity index (χ4v) is 6.02. The molecule has 0 fully saturated rings. The van der Waals surface area contributed by atoms with Crippen LogP contribution in [0.5, 0.6) is 0 Å². The molecule has 0 aliphatic heterocycles. The van der Waals surface area contributed by atoms with Gasteiger partial charge in [-0.2, -0.15) is 0 Å². The van der Waals surface area contributed by atoms with E-state index in [0.29, 0.717) is 12.8 Å². The molecule has 0 saturated heterocycles. The molecule has 0 saturated carbocycles. The highest BCUT2D eigenvalue weighted by molar-refractivity contribution is 5.71. The number of carbonyl (C=O) groups is 3. The summed E-state index contributed by atoms with van der Waals surface area (Å²) in [7, 11) is 0. The summed E-state index contributed by atoms with van der Waals surface area (Å²) in [5.41, 5.74) is 0. The number of ether oxygens (including phenoxy) is 3. The van der Waals surface area contributed by atoms with E-state index >= 15 is 0 Å². The fraction of sp³-hybridized carbons (Fsp3) is 0.534. The Labute approximate surface area is 391 Å². The first-order valence-corrected chi connectivity index (χ1v) is 24.9. The van der Waals surface area contributed by atoms with Gasteiger partial charge in [0.05, 0.1) is 0 Å². The lowest BCUT2D eigenvalue weighted by Gasteiger charge is -2.18. The second-order valence-electron chi connectivity index (χ2n) is 15.7. The Kier molecular flexibility index (Phi) is 47.2. The van der Waals surface area contributed by atoms with E-state index < -0.39 is 6.10 Å². The first-order chi connectivity index (χ1) is 31.5. The highest BCUT2D eigenvalue weighted by Crippen LogP contribution is 2.11. The zero-order valence-electron chi connectivity index (χ0n) is 40.5. The molecule has 0 amide bonds. The minimum Gasteiger partial charge on any atom is -0.462 e. The van der Waals surface area contributed by atoms with Crippen molar-refractivity contribution in [1.82, 2.24) is 0 Å². The van der Waals surface area contributed by atoms with Gasteiger partial charge in [0.1, 0.15) is 13.2 Å². The van der Waals surface area contributed by atoms with Crippen molar-refractivity contribution in [2.45, 2.75) is 187 Å². The van der Waals surface area contributed by atoms with Crippen molar-refractivity contribution < 1.29 is 28.6 Å². The van der Waals surface area contributed by atoms with Crippen molar-refractivity contribution in [3.05, 3.63) is 146 Å². The molecule has 1 atom stereocenters. The van der Waals surface area contributed by atoms with Crippen molar-refractivity contribution in [2.24, 2.45) is 0 Å². The quantitative estimate of drug-likeness (QED) is 0.0200. The average molecular weight is 881 g/mol. The van der Waals surface area contributed by atoms with Gasteiger partial charge >= 0.3 is 17.9 Å². The van der Waals surface area contributed by atoms with Crippen LogP contribution in [0.1, 0.15) is 181 Å². The first kappa shape index (κ1) is 59.3. The van der Waals surface area contributed by atoms with E-state index in [1.807, 2.05) is 36.5 Å². The Hall–Kier alpha value is -4.71. The number of rotatable bonds is 42. The van der Waals surface area contributed by atoms with Crippen LogP contribution in [0.4, 0.5) is 0 Å². The monoisotopic (exact) mass is 881 g/mol. The van der Waals surface area contributed by atoms with Crippen molar-refractivity contribution in [3.63, 3.8) is 0 Å². The summed E-state index contributed by atoms with van der Waals surface area (Å²) in [6.45, 7) is 6.15. The van der Waals surface area contributed by atoms with Gasteiger partial charge in [0.25, 0.3) is 0 Å². The summed E-state index contributed by atoms with van der Waals surface area (Å²) in [6, 6.07) is 0. The molecule has 0 rings (SSSR count). The van der Waals surface area contributed by atoms with Crippen LogP contribution in [0.25, 0.3) is 0 Å². The molecule has 0 aromatic carbocycles. The van der Waals surface area contributed by atoms with Gasteiger partial charge in [0.2, 0.25) is 0 Å².